The van der Waals surface area contributed by atoms with E-state index in [1.54, 1.807) is 21.6 Å². The topological polar surface area (TPSA) is 66.7 Å². The molecule has 0 aliphatic carbocycles. The molecule has 1 aliphatic rings. The zero-order valence-electron chi connectivity index (χ0n) is 21.7. The van der Waals surface area contributed by atoms with Gasteiger partial charge in [0.05, 0.1) is 10.5 Å². The molecule has 1 saturated heterocycles. The summed E-state index contributed by atoms with van der Waals surface area (Å²) in [6, 6.07) is 13.9. The van der Waals surface area contributed by atoms with E-state index in [9.17, 15) is 9.59 Å². The van der Waals surface area contributed by atoms with Crippen molar-refractivity contribution in [1.29, 1.82) is 0 Å². The number of rotatable bonds is 11. The molecule has 1 aliphatic heterocycles. The Balaban J connectivity index is 1.66. The van der Waals surface area contributed by atoms with Crippen molar-refractivity contribution < 1.29 is 4.79 Å². The van der Waals surface area contributed by atoms with Crippen molar-refractivity contribution in [3.63, 3.8) is 0 Å². The summed E-state index contributed by atoms with van der Waals surface area (Å²) in [4.78, 5) is 34.0. The van der Waals surface area contributed by atoms with E-state index in [-0.39, 0.29) is 11.5 Å². The molecular formula is C29H34N4O2S2. The number of hydrogen-bond donors (Lipinski definition) is 1. The lowest BCUT2D eigenvalue weighted by Gasteiger charge is -2.21. The average Bonchev–Trinajstić information content (AvgIpc) is 3.16. The van der Waals surface area contributed by atoms with Gasteiger partial charge in [-0.15, -0.1) is 0 Å². The van der Waals surface area contributed by atoms with Crippen LogP contribution in [0.2, 0.25) is 0 Å². The number of thiocarbonyl (C=S) groups is 1. The molecule has 1 amide bonds. The molecule has 2 aromatic heterocycles. The van der Waals surface area contributed by atoms with Crippen LogP contribution < -0.4 is 10.9 Å². The number of anilines is 1. The van der Waals surface area contributed by atoms with Crippen LogP contribution in [0.3, 0.4) is 0 Å². The SMILES string of the molecule is CCCCC(CC)CN1C(=O)/C(=C\c2c(NCCc3ccccc3)nc3c(C)cccn3c2=O)SC1=S. The van der Waals surface area contributed by atoms with Gasteiger partial charge in [0.15, 0.2) is 0 Å². The van der Waals surface area contributed by atoms with E-state index in [1.165, 1.54) is 17.3 Å². The summed E-state index contributed by atoms with van der Waals surface area (Å²) in [7, 11) is 0. The van der Waals surface area contributed by atoms with Crippen LogP contribution in [-0.2, 0) is 11.2 Å². The van der Waals surface area contributed by atoms with Crippen LogP contribution >= 0.6 is 24.0 Å². The molecule has 1 fully saturated rings. The Morgan fingerprint density at radius 2 is 1.92 bits per heavy atom. The average molecular weight is 535 g/mol. The number of nitrogens with one attached hydrogen (secondary N) is 1. The fraction of sp³-hybridized carbons (Fsp3) is 0.379. The predicted molar refractivity (Wildman–Crippen MR) is 158 cm³/mol. The molecule has 6 nitrogen and oxygen atoms in total. The Morgan fingerprint density at radius 1 is 1.14 bits per heavy atom. The summed E-state index contributed by atoms with van der Waals surface area (Å²) >= 11 is 6.85. The van der Waals surface area contributed by atoms with Gasteiger partial charge in [0, 0.05) is 19.3 Å². The monoisotopic (exact) mass is 534 g/mol. The number of pyridine rings is 1. The van der Waals surface area contributed by atoms with Crippen molar-refractivity contribution in [2.45, 2.75) is 52.9 Å². The Labute approximate surface area is 228 Å². The zero-order valence-corrected chi connectivity index (χ0v) is 23.3. The van der Waals surface area contributed by atoms with Crippen molar-refractivity contribution in [1.82, 2.24) is 14.3 Å². The molecular weight excluding hydrogens is 500 g/mol. The molecule has 3 aromatic rings. The van der Waals surface area contributed by atoms with E-state index in [0.717, 1.165) is 37.7 Å². The number of amides is 1. The lowest BCUT2D eigenvalue weighted by atomic mass is 9.99. The molecule has 1 aromatic carbocycles. The number of fused-ring (bicyclic) bond motifs is 1. The van der Waals surface area contributed by atoms with Crippen molar-refractivity contribution >= 4 is 51.7 Å². The Hall–Kier alpha value is -2.97. The van der Waals surface area contributed by atoms with Crippen LogP contribution in [0.25, 0.3) is 11.7 Å². The third-order valence-electron chi connectivity index (χ3n) is 6.77. The minimum Gasteiger partial charge on any atom is -0.369 e. The molecule has 1 N–H and O–H groups in total. The first-order valence-corrected chi connectivity index (χ1v) is 14.2. The largest absolute Gasteiger partial charge is 0.369 e. The van der Waals surface area contributed by atoms with Gasteiger partial charge in [-0.1, -0.05) is 93.5 Å². The molecule has 1 atom stereocenters. The Bertz CT molecular complexity index is 1370. The fourth-order valence-electron chi connectivity index (χ4n) is 4.51. The third kappa shape index (κ3) is 6.30. The van der Waals surface area contributed by atoms with Gasteiger partial charge in [-0.3, -0.25) is 18.9 Å². The first kappa shape index (κ1) is 27.1. The highest BCUT2D eigenvalue weighted by Gasteiger charge is 2.33. The second kappa shape index (κ2) is 12.5. The number of aromatic nitrogens is 2. The highest BCUT2D eigenvalue weighted by molar-refractivity contribution is 8.26. The van der Waals surface area contributed by atoms with Gasteiger partial charge >= 0.3 is 0 Å². The smallest absolute Gasteiger partial charge is 0.267 e. The highest BCUT2D eigenvalue weighted by Crippen LogP contribution is 2.34. The Morgan fingerprint density at radius 3 is 2.65 bits per heavy atom. The summed E-state index contributed by atoms with van der Waals surface area (Å²) in [5.41, 5.74) is 2.85. The molecule has 0 saturated carbocycles. The zero-order chi connectivity index (χ0) is 26.4. The summed E-state index contributed by atoms with van der Waals surface area (Å²) < 4.78 is 2.09. The summed E-state index contributed by atoms with van der Waals surface area (Å²) in [5, 5.41) is 3.36. The second-order valence-corrected chi connectivity index (χ2v) is 11.1. The van der Waals surface area contributed by atoms with Crippen molar-refractivity contribution in [3.8, 4) is 0 Å². The summed E-state index contributed by atoms with van der Waals surface area (Å²) in [6.45, 7) is 7.50. The maximum absolute atomic E-state index is 13.6. The first-order chi connectivity index (χ1) is 17.9. The van der Waals surface area contributed by atoms with Crippen molar-refractivity contribution in [2.75, 3.05) is 18.4 Å². The first-order valence-electron chi connectivity index (χ1n) is 13.0. The fourth-order valence-corrected chi connectivity index (χ4v) is 5.77. The number of unbranched alkanes of at least 4 members (excludes halogenated alkanes) is 1. The minimum atomic E-state index is -0.212. The normalized spacial score (nSPS) is 15.6. The van der Waals surface area contributed by atoms with Crippen molar-refractivity contribution in [2.24, 2.45) is 5.92 Å². The van der Waals surface area contributed by atoms with Gasteiger partial charge < -0.3 is 5.32 Å². The van der Waals surface area contributed by atoms with Crippen molar-refractivity contribution in [3.05, 3.63) is 80.6 Å². The Kier molecular flexibility index (Phi) is 9.16. The number of carbonyl (C=O) groups is 1. The van der Waals surface area contributed by atoms with Gasteiger partial charge in [0.2, 0.25) is 0 Å². The molecule has 1 unspecified atom stereocenters. The number of hydrogen-bond acceptors (Lipinski definition) is 6. The van der Waals surface area contributed by atoms with E-state index < -0.39 is 0 Å². The summed E-state index contributed by atoms with van der Waals surface area (Å²) in [6.07, 6.45) is 8.52. The molecule has 8 heteroatoms. The molecule has 0 spiro atoms. The van der Waals surface area contributed by atoms with E-state index in [0.29, 0.717) is 45.3 Å². The highest BCUT2D eigenvalue weighted by atomic mass is 32.2. The van der Waals surface area contributed by atoms with Gasteiger partial charge in [0.1, 0.15) is 15.8 Å². The molecule has 3 heterocycles. The number of nitrogens with zero attached hydrogens (tertiary/aromatic N) is 3. The van der Waals surface area contributed by atoms with E-state index >= 15 is 0 Å². The second-order valence-electron chi connectivity index (χ2n) is 9.44. The molecule has 0 radical (unpaired) electrons. The maximum atomic E-state index is 13.6. The van der Waals surface area contributed by atoms with Crippen LogP contribution in [0, 0.1) is 12.8 Å². The van der Waals surface area contributed by atoms with Crippen LogP contribution in [-0.4, -0.2) is 37.6 Å². The number of aryl methyl sites for hydroxylation is 1. The number of benzene rings is 1. The van der Waals surface area contributed by atoms with Gasteiger partial charge in [-0.05, 0) is 49.0 Å². The molecule has 194 valence electrons. The third-order valence-corrected chi connectivity index (χ3v) is 8.14. The van der Waals surface area contributed by atoms with Crippen LogP contribution in [0.15, 0.2) is 58.4 Å². The number of carbonyl (C=O) groups excluding carboxylic acids is 1. The number of thioether (sulfide) groups is 1. The molecule has 37 heavy (non-hydrogen) atoms. The minimum absolute atomic E-state index is 0.131. The quantitative estimate of drug-likeness (QED) is 0.238. The maximum Gasteiger partial charge on any atom is 0.267 e. The van der Waals surface area contributed by atoms with Crippen LogP contribution in [0.5, 0.6) is 0 Å². The van der Waals surface area contributed by atoms with Crippen LogP contribution in [0.4, 0.5) is 5.82 Å². The molecule has 4 rings (SSSR count). The summed E-state index contributed by atoms with van der Waals surface area (Å²) in [5.74, 6) is 0.761. The lowest BCUT2D eigenvalue weighted by molar-refractivity contribution is -0.122. The van der Waals surface area contributed by atoms with E-state index in [4.69, 9.17) is 17.2 Å². The van der Waals surface area contributed by atoms with Crippen LogP contribution in [0.1, 0.15) is 56.2 Å². The standard InChI is InChI=1S/C29H34N4O2S2/c1-4-6-12-21(5-2)19-33-28(35)24(37-29(33)36)18-23-25(30-16-15-22-13-8-7-9-14-22)31-26-20(3)11-10-17-32(26)27(23)34/h7-11,13-14,17-18,21,30H,4-6,12,15-16,19H2,1-3H3/b24-18+. The molecule has 0 bridgehead atoms. The van der Waals surface area contributed by atoms with Gasteiger partial charge in [-0.2, -0.15) is 0 Å². The van der Waals surface area contributed by atoms with Gasteiger partial charge in [-0.25, -0.2) is 4.98 Å². The van der Waals surface area contributed by atoms with E-state index in [2.05, 4.69) is 31.3 Å². The van der Waals surface area contributed by atoms with E-state index in [1.807, 2.05) is 37.3 Å². The lowest BCUT2D eigenvalue weighted by Crippen LogP contribution is -2.33. The van der Waals surface area contributed by atoms with Gasteiger partial charge in [0.25, 0.3) is 11.5 Å². The predicted octanol–water partition coefficient (Wildman–Crippen LogP) is 6.08.